The Kier molecular flexibility index (Phi) is 1.37. The lowest BCUT2D eigenvalue weighted by Crippen LogP contribution is -2.47. The Morgan fingerprint density at radius 1 is 1.42 bits per heavy atom. The summed E-state index contributed by atoms with van der Waals surface area (Å²) in [6, 6.07) is 0. The fraction of sp³-hybridized carbons (Fsp3) is 1.00. The third kappa shape index (κ3) is 0.686. The van der Waals surface area contributed by atoms with E-state index in [0.717, 1.165) is 17.8 Å². The van der Waals surface area contributed by atoms with Crippen molar-refractivity contribution in [1.82, 2.24) is 10.6 Å². The summed E-state index contributed by atoms with van der Waals surface area (Å²) >= 11 is 0. The van der Waals surface area contributed by atoms with Gasteiger partial charge in [-0.25, -0.2) is 0 Å². The third-order valence-corrected chi connectivity index (χ3v) is 4.66. The van der Waals surface area contributed by atoms with Gasteiger partial charge in [0.05, 0.1) is 0 Å². The number of hydrogen-bond acceptors (Lipinski definition) is 2. The van der Waals surface area contributed by atoms with E-state index in [0.29, 0.717) is 5.54 Å². The molecular formula is C10H18N2. The van der Waals surface area contributed by atoms with E-state index in [1.54, 1.807) is 0 Å². The molecule has 2 nitrogen and oxygen atoms in total. The lowest BCUT2D eigenvalue weighted by atomic mass is 9.77. The summed E-state index contributed by atoms with van der Waals surface area (Å²) in [6.45, 7) is 2.56. The van der Waals surface area contributed by atoms with Gasteiger partial charge in [0.2, 0.25) is 0 Å². The summed E-state index contributed by atoms with van der Waals surface area (Å²) < 4.78 is 0. The molecule has 2 N–H and O–H groups in total. The molecule has 68 valence electrons. The van der Waals surface area contributed by atoms with Crippen LogP contribution in [0.2, 0.25) is 0 Å². The van der Waals surface area contributed by atoms with E-state index in [2.05, 4.69) is 17.7 Å². The highest BCUT2D eigenvalue weighted by atomic mass is 15.0. The van der Waals surface area contributed by atoms with Gasteiger partial charge in [-0.05, 0) is 50.6 Å². The molecule has 4 unspecified atom stereocenters. The van der Waals surface area contributed by atoms with Crippen LogP contribution in [0.4, 0.5) is 0 Å². The Bertz CT molecular complexity index is 204. The van der Waals surface area contributed by atoms with Crippen LogP contribution in [0, 0.1) is 17.8 Å². The minimum Gasteiger partial charge on any atom is -0.316 e. The fourth-order valence-corrected chi connectivity index (χ4v) is 4.03. The van der Waals surface area contributed by atoms with Crippen LogP contribution in [0.25, 0.3) is 0 Å². The van der Waals surface area contributed by atoms with Crippen molar-refractivity contribution >= 4 is 0 Å². The molecule has 2 saturated carbocycles. The monoisotopic (exact) mass is 166 g/mol. The van der Waals surface area contributed by atoms with Gasteiger partial charge in [0, 0.05) is 12.1 Å². The van der Waals surface area contributed by atoms with Crippen molar-refractivity contribution in [2.45, 2.75) is 24.8 Å². The zero-order valence-electron chi connectivity index (χ0n) is 7.77. The molecule has 3 rings (SSSR count). The number of nitrogens with one attached hydrogen (secondary N) is 2. The first-order chi connectivity index (χ1) is 5.86. The summed E-state index contributed by atoms with van der Waals surface area (Å²) in [7, 11) is 2.16. The Hall–Kier alpha value is -0.0800. The minimum atomic E-state index is 0.541. The van der Waals surface area contributed by atoms with Gasteiger partial charge < -0.3 is 10.6 Å². The largest absolute Gasteiger partial charge is 0.316 e. The van der Waals surface area contributed by atoms with E-state index in [9.17, 15) is 0 Å². The van der Waals surface area contributed by atoms with Crippen molar-refractivity contribution in [3.8, 4) is 0 Å². The summed E-state index contributed by atoms with van der Waals surface area (Å²) in [4.78, 5) is 0. The van der Waals surface area contributed by atoms with Crippen molar-refractivity contribution in [2.75, 3.05) is 20.1 Å². The summed E-state index contributed by atoms with van der Waals surface area (Å²) in [5.41, 5.74) is 0.541. The maximum atomic E-state index is 3.60. The molecule has 0 aromatic rings. The van der Waals surface area contributed by atoms with E-state index >= 15 is 0 Å². The average molecular weight is 166 g/mol. The molecule has 0 amide bonds. The van der Waals surface area contributed by atoms with Crippen LogP contribution in [0.3, 0.4) is 0 Å². The lowest BCUT2D eigenvalue weighted by Gasteiger charge is -2.35. The summed E-state index contributed by atoms with van der Waals surface area (Å²) in [5.74, 6) is 2.99. The predicted molar refractivity (Wildman–Crippen MR) is 49.0 cm³/mol. The van der Waals surface area contributed by atoms with E-state index in [1.165, 1.54) is 32.4 Å². The van der Waals surface area contributed by atoms with Crippen LogP contribution < -0.4 is 10.6 Å². The van der Waals surface area contributed by atoms with E-state index < -0.39 is 0 Å². The van der Waals surface area contributed by atoms with Gasteiger partial charge >= 0.3 is 0 Å². The molecule has 3 fully saturated rings. The number of hydrogen-bond donors (Lipinski definition) is 2. The topological polar surface area (TPSA) is 24.1 Å². The molecular weight excluding hydrogens is 148 g/mol. The van der Waals surface area contributed by atoms with Crippen molar-refractivity contribution in [2.24, 2.45) is 17.8 Å². The Morgan fingerprint density at radius 2 is 2.33 bits per heavy atom. The van der Waals surface area contributed by atoms with Crippen LogP contribution >= 0.6 is 0 Å². The zero-order valence-corrected chi connectivity index (χ0v) is 7.77. The molecule has 12 heavy (non-hydrogen) atoms. The van der Waals surface area contributed by atoms with Crippen LogP contribution in [0.5, 0.6) is 0 Å². The normalized spacial score (nSPS) is 56.2. The van der Waals surface area contributed by atoms with Crippen LogP contribution in [0.1, 0.15) is 19.3 Å². The predicted octanol–water partition coefficient (Wildman–Crippen LogP) is 0.594. The molecule has 1 saturated heterocycles. The standard InChI is InChI=1S/C10H18N2/c1-11-10-3-2-7(4-10)8-5-12-6-9(8)10/h7-9,11-12H,2-6H2,1H3. The van der Waals surface area contributed by atoms with Gasteiger partial charge in [0.15, 0.2) is 0 Å². The maximum absolute atomic E-state index is 3.60. The van der Waals surface area contributed by atoms with E-state index in [4.69, 9.17) is 0 Å². The summed E-state index contributed by atoms with van der Waals surface area (Å²) in [5, 5.41) is 7.14. The second kappa shape index (κ2) is 2.24. The van der Waals surface area contributed by atoms with E-state index in [1.807, 2.05) is 0 Å². The molecule has 2 bridgehead atoms. The SMILES string of the molecule is CNC12CCC(C1)C1CNCC12. The zero-order chi connectivity index (χ0) is 8.18. The Morgan fingerprint density at radius 3 is 3.17 bits per heavy atom. The first kappa shape index (κ1) is 7.34. The van der Waals surface area contributed by atoms with Crippen molar-refractivity contribution in [1.29, 1.82) is 0 Å². The number of fused-ring (bicyclic) bond motifs is 5. The van der Waals surface area contributed by atoms with Gasteiger partial charge in [-0.1, -0.05) is 0 Å². The van der Waals surface area contributed by atoms with Crippen LogP contribution in [0.15, 0.2) is 0 Å². The van der Waals surface area contributed by atoms with Gasteiger partial charge in [-0.3, -0.25) is 0 Å². The molecule has 1 heterocycles. The van der Waals surface area contributed by atoms with Crippen molar-refractivity contribution in [3.05, 3.63) is 0 Å². The summed E-state index contributed by atoms with van der Waals surface area (Å²) in [6.07, 6.45) is 4.36. The fourth-order valence-electron chi connectivity index (χ4n) is 4.03. The molecule has 2 aliphatic carbocycles. The highest BCUT2D eigenvalue weighted by Gasteiger charge is 2.58. The molecule has 0 aromatic heterocycles. The maximum Gasteiger partial charge on any atom is 0.0224 e. The highest BCUT2D eigenvalue weighted by molar-refractivity contribution is 5.13. The smallest absolute Gasteiger partial charge is 0.0224 e. The quantitative estimate of drug-likeness (QED) is 0.596. The lowest BCUT2D eigenvalue weighted by molar-refractivity contribution is 0.215. The third-order valence-electron chi connectivity index (χ3n) is 4.66. The van der Waals surface area contributed by atoms with Gasteiger partial charge in [-0.2, -0.15) is 0 Å². The average Bonchev–Trinajstić information content (AvgIpc) is 2.76. The molecule has 0 spiro atoms. The second-order valence-corrected chi connectivity index (χ2v) is 4.84. The molecule has 3 aliphatic rings. The van der Waals surface area contributed by atoms with Crippen LogP contribution in [-0.2, 0) is 0 Å². The van der Waals surface area contributed by atoms with Crippen molar-refractivity contribution in [3.63, 3.8) is 0 Å². The van der Waals surface area contributed by atoms with Gasteiger partial charge in [-0.15, -0.1) is 0 Å². The number of rotatable bonds is 1. The molecule has 0 aromatic carbocycles. The highest BCUT2D eigenvalue weighted by Crippen LogP contribution is 2.55. The van der Waals surface area contributed by atoms with Crippen molar-refractivity contribution < 1.29 is 0 Å². The molecule has 4 atom stereocenters. The first-order valence-electron chi connectivity index (χ1n) is 5.25. The Balaban J connectivity index is 1.95. The van der Waals surface area contributed by atoms with E-state index in [-0.39, 0.29) is 0 Å². The first-order valence-corrected chi connectivity index (χ1v) is 5.25. The molecule has 2 heteroatoms. The second-order valence-electron chi connectivity index (χ2n) is 4.84. The Labute approximate surface area is 74.1 Å². The van der Waals surface area contributed by atoms with Gasteiger partial charge in [0.1, 0.15) is 0 Å². The molecule has 0 radical (unpaired) electrons. The van der Waals surface area contributed by atoms with Crippen LogP contribution in [-0.4, -0.2) is 25.7 Å². The molecule has 1 aliphatic heterocycles. The minimum absolute atomic E-state index is 0.541. The van der Waals surface area contributed by atoms with Gasteiger partial charge in [0.25, 0.3) is 0 Å².